The maximum absolute atomic E-state index is 7.00. The van der Waals surface area contributed by atoms with Crippen molar-refractivity contribution in [2.24, 2.45) is 0 Å². The highest BCUT2D eigenvalue weighted by Crippen LogP contribution is 0.755. The summed E-state index contributed by atoms with van der Waals surface area (Å²) in [6.07, 6.45) is 0. The Bertz CT molecular complexity index is 3.25. The Morgan fingerprint density at radius 2 is 1.00 bits per heavy atom. The van der Waals surface area contributed by atoms with Gasteiger partial charge in [0.15, 0.2) is 0 Å². The van der Waals surface area contributed by atoms with Gasteiger partial charge in [-0.25, -0.2) is 0 Å². The molecule has 0 rings (SSSR count). The van der Waals surface area contributed by atoms with Gasteiger partial charge >= 0.3 is 0 Å². The summed E-state index contributed by atoms with van der Waals surface area (Å²) in [7, 11) is 1.00. The van der Waals surface area contributed by atoms with Crippen LogP contribution in [0.25, 0.3) is 0 Å². The molecule has 0 aromatic heterocycles. The van der Waals surface area contributed by atoms with E-state index in [0.717, 1.165) is 7.11 Å². The minimum absolute atomic E-state index is 0. The van der Waals surface area contributed by atoms with Crippen LogP contribution >= 0.6 is 0 Å². The Balaban J connectivity index is -0.00000000500. The molecular weight excluding hydrogens is 52.0 g/mol. The Morgan fingerprint density at radius 3 is 1.00 bits per heavy atom. The van der Waals surface area contributed by atoms with Crippen LogP contribution in [0.5, 0.6) is 0 Å². The van der Waals surface area contributed by atoms with E-state index in [9.17, 15) is 0 Å². The highest BCUT2D eigenvalue weighted by Gasteiger charge is 0.839. The Labute approximate surface area is 28.3 Å². The molecule has 0 aliphatic carbocycles. The van der Waals surface area contributed by atoms with E-state index in [0.29, 0.717) is 0 Å². The van der Waals surface area contributed by atoms with Crippen molar-refractivity contribution in [1.29, 1.82) is 0 Å². The molecule has 0 saturated heterocycles. The zero-order valence-corrected chi connectivity index (χ0v) is 1.45. The average Bonchev–Trinajstić information content (AvgIpc) is 1.00. The van der Waals surface area contributed by atoms with E-state index in [1.165, 1.54) is 0 Å². The Morgan fingerprint density at radius 1 is 1.00 bits per heavy atom. The second-order valence-electron chi connectivity index (χ2n) is 0. The molecular formula is C3H12O. The highest BCUT2D eigenvalue weighted by atomic mass is 16.2. The summed E-state index contributed by atoms with van der Waals surface area (Å²) >= 11 is 0. The van der Waals surface area contributed by atoms with Crippen LogP contribution in [0.3, 0.4) is 0 Å². The van der Waals surface area contributed by atoms with E-state index in [4.69, 9.17) is 5.11 Å². The fraction of sp³-hybridized carbons (Fsp3) is 1.00. The van der Waals surface area contributed by atoms with Crippen LogP contribution in [0.15, 0.2) is 0 Å². The minimum atomic E-state index is 0. The maximum Gasteiger partial charge on any atom is 0.0319 e. The molecule has 0 atom stereocenters. The second kappa shape index (κ2) is 7110. The van der Waals surface area contributed by atoms with Crippen molar-refractivity contribution < 1.29 is 5.11 Å². The van der Waals surface area contributed by atoms with Gasteiger partial charge in [0.2, 0.25) is 0 Å². The lowest BCUT2D eigenvalue weighted by molar-refractivity contribution is 0.399. The Kier molecular flexibility index (Phi) is 66900. The molecule has 0 saturated carbocycles. The summed E-state index contributed by atoms with van der Waals surface area (Å²) in [4.78, 5) is 0. The number of hydrogen-bond acceptors (Lipinski definition) is 1. The molecule has 0 aromatic rings. The van der Waals surface area contributed by atoms with Gasteiger partial charge in [0.25, 0.3) is 0 Å². The molecule has 0 fully saturated rings. The van der Waals surface area contributed by atoms with Crippen LogP contribution in [-0.2, 0) is 0 Å². The smallest absolute Gasteiger partial charge is 0.0319 e. The Hall–Kier alpha value is -0.0400. The molecule has 1 nitrogen and oxygen atoms in total. The van der Waals surface area contributed by atoms with Gasteiger partial charge in [-0.15, -0.1) is 0 Å². The third-order valence-corrected chi connectivity index (χ3v) is 0. The summed E-state index contributed by atoms with van der Waals surface area (Å²) in [6.45, 7) is 0. The lowest BCUT2D eigenvalue weighted by atomic mass is 11.8. The van der Waals surface area contributed by atoms with Gasteiger partial charge < -0.3 is 5.11 Å². The first-order chi connectivity index (χ1) is 1.00. The van der Waals surface area contributed by atoms with Crippen molar-refractivity contribution in [2.75, 3.05) is 7.11 Å². The molecule has 0 radical (unpaired) electrons. The van der Waals surface area contributed by atoms with Crippen molar-refractivity contribution in [3.05, 3.63) is 0 Å². The van der Waals surface area contributed by atoms with E-state index < -0.39 is 0 Å². The van der Waals surface area contributed by atoms with Gasteiger partial charge in [-0.05, 0) is 0 Å². The average molecular weight is 64.1 g/mol. The zero-order chi connectivity index (χ0) is 2.00. The van der Waals surface area contributed by atoms with Crippen molar-refractivity contribution in [1.82, 2.24) is 0 Å². The lowest BCUT2D eigenvalue weighted by Crippen LogP contribution is -1.25. The van der Waals surface area contributed by atoms with Crippen molar-refractivity contribution >= 4 is 0 Å². The standard InChI is InChI=1S/CH4O.2CH4/c1-2;;/h2H,1H3;2*1H4. The molecule has 0 bridgehead atoms. The molecule has 0 unspecified atom stereocenters. The van der Waals surface area contributed by atoms with Gasteiger partial charge in [0.05, 0.1) is 0 Å². The summed E-state index contributed by atoms with van der Waals surface area (Å²) < 4.78 is 0. The fourth-order valence-corrected chi connectivity index (χ4v) is 0. The number of hydrogen-bond donors (Lipinski definition) is 1. The predicted octanol–water partition coefficient (Wildman–Crippen LogP) is 0.881. The monoisotopic (exact) mass is 64.1 g/mol. The molecule has 0 aromatic carbocycles. The summed E-state index contributed by atoms with van der Waals surface area (Å²) in [5.74, 6) is 0. The first kappa shape index (κ1) is 37.6. The summed E-state index contributed by atoms with van der Waals surface area (Å²) in [5.41, 5.74) is 0. The topological polar surface area (TPSA) is 20.2 Å². The molecule has 0 heterocycles. The second-order valence-corrected chi connectivity index (χ2v) is 0. The first-order valence-electron chi connectivity index (χ1n) is 0.447. The van der Waals surface area contributed by atoms with E-state index in [1.807, 2.05) is 0 Å². The predicted molar refractivity (Wildman–Crippen MR) is 21.6 cm³/mol. The largest absolute Gasteiger partial charge is 0.400 e. The quantitative estimate of drug-likeness (QED) is 0.443. The van der Waals surface area contributed by atoms with Gasteiger partial charge in [0.1, 0.15) is 0 Å². The summed E-state index contributed by atoms with van der Waals surface area (Å²) in [6, 6.07) is 0. The molecule has 4 heavy (non-hydrogen) atoms. The van der Waals surface area contributed by atoms with Crippen LogP contribution in [0.4, 0.5) is 0 Å². The molecule has 1 heteroatoms. The van der Waals surface area contributed by atoms with Crippen LogP contribution < -0.4 is 0 Å². The van der Waals surface area contributed by atoms with E-state index in [-0.39, 0.29) is 14.9 Å². The van der Waals surface area contributed by atoms with Crippen molar-refractivity contribution in [2.45, 2.75) is 14.9 Å². The van der Waals surface area contributed by atoms with E-state index >= 15 is 0 Å². The van der Waals surface area contributed by atoms with Crippen molar-refractivity contribution in [3.63, 3.8) is 0 Å². The van der Waals surface area contributed by atoms with Gasteiger partial charge in [-0.3, -0.25) is 0 Å². The number of aliphatic hydroxyl groups excluding tert-OH is 1. The van der Waals surface area contributed by atoms with Gasteiger partial charge in [-0.1, -0.05) is 14.9 Å². The summed E-state index contributed by atoms with van der Waals surface area (Å²) in [5, 5.41) is 7.00. The van der Waals surface area contributed by atoms with Crippen LogP contribution in [0.2, 0.25) is 0 Å². The van der Waals surface area contributed by atoms with Crippen LogP contribution in [-0.4, -0.2) is 12.2 Å². The number of aliphatic hydroxyl groups is 1. The van der Waals surface area contributed by atoms with Gasteiger partial charge in [0, 0.05) is 7.11 Å². The lowest BCUT2D eigenvalue weighted by Gasteiger charge is -1.21. The molecule has 0 aliphatic heterocycles. The van der Waals surface area contributed by atoms with Crippen LogP contribution in [0.1, 0.15) is 14.9 Å². The van der Waals surface area contributed by atoms with Crippen LogP contribution in [0, 0.1) is 0 Å². The van der Waals surface area contributed by atoms with Crippen molar-refractivity contribution in [3.8, 4) is 0 Å². The molecule has 0 amide bonds. The highest BCUT2D eigenvalue weighted by molar-refractivity contribution is 3.18. The number of rotatable bonds is 0. The third-order valence-electron chi connectivity index (χ3n) is 0. The normalized spacial score (nSPS) is 1.50. The zero-order valence-electron chi connectivity index (χ0n) is 1.45. The van der Waals surface area contributed by atoms with E-state index in [2.05, 4.69) is 0 Å². The SMILES string of the molecule is C.C.CO. The minimum Gasteiger partial charge on any atom is -0.400 e. The third kappa shape index (κ3) is 1130. The molecule has 0 spiro atoms. The maximum atomic E-state index is 7.00. The molecule has 30 valence electrons. The molecule has 1 N–H and O–H groups in total. The van der Waals surface area contributed by atoms with Gasteiger partial charge in [-0.2, -0.15) is 0 Å². The molecule has 0 aliphatic rings. The fourth-order valence-electron chi connectivity index (χ4n) is 0. The van der Waals surface area contributed by atoms with E-state index in [1.54, 1.807) is 0 Å². The first-order valence-corrected chi connectivity index (χ1v) is 0.447.